The molecule has 1 amide bonds. The van der Waals surface area contributed by atoms with Crippen molar-refractivity contribution >= 4 is 33.2 Å². The molecule has 2 rings (SSSR count). The lowest BCUT2D eigenvalue weighted by molar-refractivity contribution is -0.384. The number of nitro benzene ring substituents is 1. The van der Waals surface area contributed by atoms with Crippen LogP contribution in [0.3, 0.4) is 0 Å². The lowest BCUT2D eigenvalue weighted by atomic mass is 10.2. The highest BCUT2D eigenvalue weighted by Gasteiger charge is 2.15. The molecule has 2 N–H and O–H groups in total. The number of carbonyl (C=O) groups is 1. The second kappa shape index (κ2) is 9.35. The van der Waals surface area contributed by atoms with Gasteiger partial charge in [0.05, 0.1) is 23.8 Å². The number of hydrogen-bond acceptors (Lipinski definition) is 6. The Hall–Kier alpha value is -3.38. The van der Waals surface area contributed by atoms with Gasteiger partial charge in [-0.3, -0.25) is 14.9 Å². The van der Waals surface area contributed by atoms with E-state index in [2.05, 4.69) is 26.6 Å². The molecule has 0 atom stereocenters. The minimum Gasteiger partial charge on any atom is -0.494 e. The number of nitro groups is 1. The summed E-state index contributed by atoms with van der Waals surface area (Å²) in [5, 5.41) is 25.4. The molecule has 2 aromatic rings. The summed E-state index contributed by atoms with van der Waals surface area (Å²) in [7, 11) is 1.33. The van der Waals surface area contributed by atoms with Crippen LogP contribution in [0.1, 0.15) is 5.56 Å². The Balaban J connectivity index is 2.07. The van der Waals surface area contributed by atoms with E-state index in [4.69, 9.17) is 4.74 Å². The Morgan fingerprint density at radius 3 is 2.63 bits per heavy atom. The van der Waals surface area contributed by atoms with Crippen molar-refractivity contribution in [2.75, 3.05) is 12.4 Å². The zero-order valence-electron chi connectivity index (χ0n) is 14.2. The van der Waals surface area contributed by atoms with Crippen LogP contribution in [0.2, 0.25) is 0 Å². The molecule has 27 heavy (non-hydrogen) atoms. The molecule has 138 valence electrons. The maximum absolute atomic E-state index is 12.3. The number of nitrogens with zero attached hydrogens (tertiary/aromatic N) is 2. The summed E-state index contributed by atoms with van der Waals surface area (Å²) < 4.78 is 6.01. The van der Waals surface area contributed by atoms with Crippen LogP contribution in [0, 0.1) is 21.4 Å². The number of methoxy groups -OCH3 is 1. The summed E-state index contributed by atoms with van der Waals surface area (Å²) >= 11 is 3.35. The third-order valence-corrected chi connectivity index (χ3v) is 4.00. The predicted molar refractivity (Wildman–Crippen MR) is 103 cm³/mol. The van der Waals surface area contributed by atoms with Crippen LogP contribution in [0.15, 0.2) is 58.7 Å². The van der Waals surface area contributed by atoms with Gasteiger partial charge >= 0.3 is 0 Å². The molecule has 0 spiro atoms. The number of anilines is 1. The lowest BCUT2D eigenvalue weighted by Gasteiger charge is -2.09. The Morgan fingerprint density at radius 1 is 1.33 bits per heavy atom. The maximum Gasteiger partial charge on any atom is 0.273 e. The monoisotopic (exact) mass is 430 g/mol. The second-order valence-corrected chi connectivity index (χ2v) is 6.19. The van der Waals surface area contributed by atoms with E-state index in [9.17, 15) is 20.2 Å². The van der Waals surface area contributed by atoms with Crippen LogP contribution in [0.5, 0.6) is 5.75 Å². The van der Waals surface area contributed by atoms with Gasteiger partial charge in [0.15, 0.2) is 0 Å². The highest BCUT2D eigenvalue weighted by molar-refractivity contribution is 9.10. The molecule has 0 unspecified atom stereocenters. The number of ether oxygens (including phenoxy) is 1. The van der Waals surface area contributed by atoms with Crippen LogP contribution >= 0.6 is 15.9 Å². The first-order chi connectivity index (χ1) is 12.9. The molecule has 0 aromatic heterocycles. The van der Waals surface area contributed by atoms with Gasteiger partial charge in [0.2, 0.25) is 0 Å². The van der Waals surface area contributed by atoms with E-state index < -0.39 is 10.8 Å². The Morgan fingerprint density at radius 2 is 2.04 bits per heavy atom. The average Bonchev–Trinajstić information content (AvgIpc) is 2.66. The fraction of sp³-hybridized carbons (Fsp3) is 0.111. The molecule has 0 fully saturated rings. The van der Waals surface area contributed by atoms with Crippen molar-refractivity contribution in [3.63, 3.8) is 0 Å². The Labute approximate surface area is 163 Å². The van der Waals surface area contributed by atoms with Gasteiger partial charge in [0.25, 0.3) is 11.6 Å². The van der Waals surface area contributed by atoms with Crippen LogP contribution in [-0.2, 0) is 11.3 Å². The smallest absolute Gasteiger partial charge is 0.273 e. The SMILES string of the molecule is COc1cc([N+](=O)[O-])ccc1NC(=O)/C(C#N)=C\NCc1ccc(Br)cc1. The van der Waals surface area contributed by atoms with E-state index >= 15 is 0 Å². The summed E-state index contributed by atoms with van der Waals surface area (Å²) in [6.07, 6.45) is 1.31. The van der Waals surface area contributed by atoms with E-state index in [0.717, 1.165) is 10.0 Å². The highest BCUT2D eigenvalue weighted by atomic mass is 79.9. The molecule has 0 saturated heterocycles. The maximum atomic E-state index is 12.3. The van der Waals surface area contributed by atoms with Crippen LogP contribution in [-0.4, -0.2) is 17.9 Å². The average molecular weight is 431 g/mol. The number of non-ortho nitro benzene ring substituents is 1. The van der Waals surface area contributed by atoms with Crippen LogP contribution in [0.4, 0.5) is 11.4 Å². The molecule has 0 saturated carbocycles. The molecule has 0 radical (unpaired) electrons. The Bertz CT molecular complexity index is 920. The first-order valence-corrected chi connectivity index (χ1v) is 8.45. The van der Waals surface area contributed by atoms with Crippen LogP contribution in [0.25, 0.3) is 0 Å². The summed E-state index contributed by atoms with van der Waals surface area (Å²) in [4.78, 5) is 22.5. The zero-order chi connectivity index (χ0) is 19.8. The molecule has 0 heterocycles. The molecule has 0 aliphatic heterocycles. The molecular formula is C18H15BrN4O4. The highest BCUT2D eigenvalue weighted by Crippen LogP contribution is 2.29. The number of nitrogens with one attached hydrogen (secondary N) is 2. The number of halogens is 1. The largest absolute Gasteiger partial charge is 0.494 e. The number of hydrogen-bond donors (Lipinski definition) is 2. The van der Waals surface area contributed by atoms with E-state index in [1.54, 1.807) is 0 Å². The quantitative estimate of drug-likeness (QED) is 0.300. The Kier molecular flexibility index (Phi) is 6.91. The fourth-order valence-electron chi connectivity index (χ4n) is 2.11. The number of rotatable bonds is 7. The second-order valence-electron chi connectivity index (χ2n) is 5.27. The van der Waals surface area contributed by atoms with Gasteiger partial charge in [-0.15, -0.1) is 0 Å². The van der Waals surface area contributed by atoms with Gasteiger partial charge in [0, 0.05) is 23.3 Å². The molecule has 0 bridgehead atoms. The summed E-state index contributed by atoms with van der Waals surface area (Å²) in [6, 6.07) is 13.2. The molecule has 0 aliphatic carbocycles. The van der Waals surface area contributed by atoms with Gasteiger partial charge in [-0.05, 0) is 23.8 Å². The lowest BCUT2D eigenvalue weighted by Crippen LogP contribution is -2.17. The predicted octanol–water partition coefficient (Wildman–Crippen LogP) is 3.50. The summed E-state index contributed by atoms with van der Waals surface area (Å²) in [5.74, 6) is -0.536. The van der Waals surface area contributed by atoms with Gasteiger partial charge in [0.1, 0.15) is 17.4 Å². The topological polar surface area (TPSA) is 117 Å². The third-order valence-electron chi connectivity index (χ3n) is 3.48. The van der Waals surface area contributed by atoms with Gasteiger partial charge < -0.3 is 15.4 Å². The number of nitriles is 1. The van der Waals surface area contributed by atoms with E-state index in [1.807, 2.05) is 30.3 Å². The number of amides is 1. The van der Waals surface area contributed by atoms with Gasteiger partial charge in [-0.25, -0.2) is 0 Å². The van der Waals surface area contributed by atoms with E-state index in [1.165, 1.54) is 31.5 Å². The normalized spacial score (nSPS) is 10.6. The first kappa shape index (κ1) is 19.9. The van der Waals surface area contributed by atoms with Crippen molar-refractivity contribution in [3.8, 4) is 11.8 Å². The number of benzene rings is 2. The molecular weight excluding hydrogens is 416 g/mol. The molecule has 2 aromatic carbocycles. The zero-order valence-corrected chi connectivity index (χ0v) is 15.8. The molecule has 0 aliphatic rings. The standard InChI is InChI=1S/C18H15BrN4O4/c1-27-17-8-15(23(25)26)6-7-16(17)22-18(24)13(9-20)11-21-10-12-2-4-14(19)5-3-12/h2-8,11,21H,10H2,1H3,(H,22,24)/b13-11-. The van der Waals surface area contributed by atoms with Crippen molar-refractivity contribution in [1.82, 2.24) is 5.32 Å². The van der Waals surface area contributed by atoms with Crippen molar-refractivity contribution in [2.45, 2.75) is 6.54 Å². The minimum atomic E-state index is -0.659. The van der Waals surface area contributed by atoms with Crippen molar-refractivity contribution in [3.05, 3.63) is 74.4 Å². The van der Waals surface area contributed by atoms with Gasteiger partial charge in [-0.2, -0.15) is 5.26 Å². The van der Waals surface area contributed by atoms with Crippen molar-refractivity contribution < 1.29 is 14.5 Å². The minimum absolute atomic E-state index is 0.123. The molecule has 8 nitrogen and oxygen atoms in total. The molecule has 9 heteroatoms. The number of carbonyl (C=O) groups excluding carboxylic acids is 1. The van der Waals surface area contributed by atoms with Crippen molar-refractivity contribution in [1.29, 1.82) is 5.26 Å². The van der Waals surface area contributed by atoms with Crippen LogP contribution < -0.4 is 15.4 Å². The van der Waals surface area contributed by atoms with Gasteiger partial charge in [-0.1, -0.05) is 28.1 Å². The summed E-state index contributed by atoms with van der Waals surface area (Å²) in [5.41, 5.74) is 0.885. The summed E-state index contributed by atoms with van der Waals surface area (Å²) in [6.45, 7) is 0.437. The fourth-order valence-corrected chi connectivity index (χ4v) is 2.37. The first-order valence-electron chi connectivity index (χ1n) is 7.66. The van der Waals surface area contributed by atoms with E-state index in [-0.39, 0.29) is 22.7 Å². The van der Waals surface area contributed by atoms with Crippen molar-refractivity contribution in [2.24, 2.45) is 0 Å². The van der Waals surface area contributed by atoms with E-state index in [0.29, 0.717) is 6.54 Å². The third kappa shape index (κ3) is 5.55.